The summed E-state index contributed by atoms with van der Waals surface area (Å²) in [5.41, 5.74) is 0. The van der Waals surface area contributed by atoms with Crippen molar-refractivity contribution in [2.45, 2.75) is 57.7 Å². The second kappa shape index (κ2) is 14.2. The minimum atomic E-state index is -0.863. The maximum absolute atomic E-state index is 9.10. The summed E-state index contributed by atoms with van der Waals surface area (Å²) in [6.07, 6.45) is 6.00. The summed E-state index contributed by atoms with van der Waals surface area (Å²) in [4.78, 5) is 0. The van der Waals surface area contributed by atoms with E-state index in [9.17, 15) is 0 Å². The van der Waals surface area contributed by atoms with Crippen LogP contribution < -0.4 is 0 Å². The van der Waals surface area contributed by atoms with E-state index in [1.54, 1.807) is 0 Å². The second-order valence-corrected chi connectivity index (χ2v) is 4.82. The van der Waals surface area contributed by atoms with Crippen molar-refractivity contribution in [1.29, 1.82) is 0 Å². The molecule has 0 aromatic carbocycles. The summed E-state index contributed by atoms with van der Waals surface area (Å²) >= 11 is 0. The maximum atomic E-state index is 9.10. The van der Waals surface area contributed by atoms with Crippen LogP contribution in [-0.2, 0) is 9.47 Å². The molecule has 0 saturated heterocycles. The molecule has 0 rings (SSSR count). The van der Waals surface area contributed by atoms with Crippen LogP contribution in [-0.4, -0.2) is 60.6 Å². The average molecular weight is 278 g/mol. The molecule has 0 amide bonds. The van der Waals surface area contributed by atoms with Crippen LogP contribution in [0.4, 0.5) is 0 Å². The molecule has 19 heavy (non-hydrogen) atoms. The van der Waals surface area contributed by atoms with Crippen LogP contribution >= 0.6 is 0 Å². The van der Waals surface area contributed by atoms with Crippen molar-refractivity contribution in [2.24, 2.45) is 0 Å². The van der Waals surface area contributed by atoms with E-state index < -0.39 is 6.10 Å². The smallest absolute Gasteiger partial charge is 0.104 e. The van der Waals surface area contributed by atoms with Crippen LogP contribution in [0.5, 0.6) is 0 Å². The van der Waals surface area contributed by atoms with Gasteiger partial charge in [0.15, 0.2) is 0 Å². The van der Waals surface area contributed by atoms with E-state index in [1.807, 2.05) is 0 Å². The van der Waals surface area contributed by atoms with Crippen molar-refractivity contribution in [3.05, 3.63) is 0 Å². The van der Waals surface area contributed by atoms with Crippen molar-refractivity contribution >= 4 is 0 Å². The zero-order valence-corrected chi connectivity index (χ0v) is 12.1. The van der Waals surface area contributed by atoms with Gasteiger partial charge in [-0.2, -0.15) is 0 Å². The van der Waals surface area contributed by atoms with E-state index in [2.05, 4.69) is 6.92 Å². The molecule has 2 atom stereocenters. The van der Waals surface area contributed by atoms with E-state index in [-0.39, 0.29) is 32.5 Å². The zero-order chi connectivity index (χ0) is 14.3. The van der Waals surface area contributed by atoms with Gasteiger partial charge in [-0.15, -0.1) is 0 Å². The van der Waals surface area contributed by atoms with E-state index in [4.69, 9.17) is 24.8 Å². The SMILES string of the molecule is CCCCCCCCOC(CO)COCC(O)CO. The molecule has 2 unspecified atom stereocenters. The Balaban J connectivity index is 3.38. The molecule has 0 spiro atoms. The Labute approximate surface area is 116 Å². The Morgan fingerprint density at radius 2 is 1.58 bits per heavy atom. The van der Waals surface area contributed by atoms with Crippen LogP contribution in [0.25, 0.3) is 0 Å². The summed E-state index contributed by atoms with van der Waals surface area (Å²) < 4.78 is 10.6. The van der Waals surface area contributed by atoms with E-state index in [0.29, 0.717) is 6.61 Å². The molecular weight excluding hydrogens is 248 g/mol. The number of ether oxygens (including phenoxy) is 2. The molecule has 0 bridgehead atoms. The lowest BCUT2D eigenvalue weighted by atomic mass is 10.1. The molecule has 0 saturated carbocycles. The largest absolute Gasteiger partial charge is 0.394 e. The number of aliphatic hydroxyl groups excluding tert-OH is 3. The van der Waals surface area contributed by atoms with Gasteiger partial charge in [0.25, 0.3) is 0 Å². The number of rotatable bonds is 14. The molecule has 3 N–H and O–H groups in total. The van der Waals surface area contributed by atoms with Gasteiger partial charge in [0, 0.05) is 6.61 Å². The van der Waals surface area contributed by atoms with Gasteiger partial charge >= 0.3 is 0 Å². The van der Waals surface area contributed by atoms with Crippen LogP contribution in [0.2, 0.25) is 0 Å². The maximum Gasteiger partial charge on any atom is 0.104 e. The lowest BCUT2D eigenvalue weighted by molar-refractivity contribution is -0.0649. The van der Waals surface area contributed by atoms with Gasteiger partial charge in [0.1, 0.15) is 12.2 Å². The van der Waals surface area contributed by atoms with Gasteiger partial charge in [0.05, 0.1) is 26.4 Å². The lowest BCUT2D eigenvalue weighted by Crippen LogP contribution is -2.28. The zero-order valence-electron chi connectivity index (χ0n) is 12.1. The molecule has 0 aromatic heterocycles. The molecule has 0 aliphatic heterocycles. The fraction of sp³-hybridized carbons (Fsp3) is 1.00. The Hall–Kier alpha value is -0.200. The molecule has 5 heteroatoms. The molecule has 0 fully saturated rings. The first kappa shape index (κ1) is 18.8. The summed E-state index contributed by atoms with van der Waals surface area (Å²) in [6.45, 7) is 2.72. The third kappa shape index (κ3) is 12.6. The highest BCUT2D eigenvalue weighted by molar-refractivity contribution is 4.56. The normalized spacial score (nSPS) is 14.5. The Morgan fingerprint density at radius 3 is 2.21 bits per heavy atom. The van der Waals surface area contributed by atoms with Gasteiger partial charge in [-0.05, 0) is 6.42 Å². The first-order valence-corrected chi connectivity index (χ1v) is 7.33. The number of hydrogen-bond donors (Lipinski definition) is 3. The van der Waals surface area contributed by atoms with Crippen LogP contribution in [0.15, 0.2) is 0 Å². The summed E-state index contributed by atoms with van der Waals surface area (Å²) in [6, 6.07) is 0. The highest BCUT2D eigenvalue weighted by atomic mass is 16.5. The van der Waals surface area contributed by atoms with E-state index in [0.717, 1.165) is 12.8 Å². The van der Waals surface area contributed by atoms with Gasteiger partial charge in [-0.3, -0.25) is 0 Å². The van der Waals surface area contributed by atoms with Gasteiger partial charge in [-0.1, -0.05) is 39.0 Å². The molecule has 0 radical (unpaired) electrons. The Kier molecular flexibility index (Phi) is 14.1. The van der Waals surface area contributed by atoms with Gasteiger partial charge in [0.2, 0.25) is 0 Å². The highest BCUT2D eigenvalue weighted by Crippen LogP contribution is 2.05. The Bertz CT molecular complexity index is 177. The molecule has 0 aliphatic carbocycles. The van der Waals surface area contributed by atoms with E-state index in [1.165, 1.54) is 25.7 Å². The second-order valence-electron chi connectivity index (χ2n) is 4.82. The lowest BCUT2D eigenvalue weighted by Gasteiger charge is -2.16. The fourth-order valence-electron chi connectivity index (χ4n) is 1.67. The molecule has 116 valence electrons. The fourth-order valence-corrected chi connectivity index (χ4v) is 1.67. The van der Waals surface area contributed by atoms with Crippen molar-refractivity contribution in [1.82, 2.24) is 0 Å². The first-order valence-electron chi connectivity index (χ1n) is 7.33. The molecule has 0 aromatic rings. The van der Waals surface area contributed by atoms with Gasteiger partial charge in [-0.25, -0.2) is 0 Å². The predicted molar refractivity (Wildman–Crippen MR) is 74.1 cm³/mol. The molecule has 0 aliphatic rings. The number of unbranched alkanes of at least 4 members (excludes halogenated alkanes) is 5. The Morgan fingerprint density at radius 1 is 0.895 bits per heavy atom. The highest BCUT2D eigenvalue weighted by Gasteiger charge is 2.09. The quantitative estimate of drug-likeness (QED) is 0.415. The third-order valence-corrected chi connectivity index (χ3v) is 2.88. The summed E-state index contributed by atoms with van der Waals surface area (Å²) in [5.74, 6) is 0. The van der Waals surface area contributed by atoms with Crippen molar-refractivity contribution in [3.63, 3.8) is 0 Å². The van der Waals surface area contributed by atoms with Crippen LogP contribution in [0.1, 0.15) is 45.4 Å². The molecule has 0 heterocycles. The van der Waals surface area contributed by atoms with Crippen molar-refractivity contribution in [2.75, 3.05) is 33.0 Å². The standard InChI is InChI=1S/C14H30O5/c1-2-3-4-5-6-7-8-19-14(10-16)12-18-11-13(17)9-15/h13-17H,2-12H2,1H3. The molecule has 5 nitrogen and oxygen atoms in total. The first-order chi connectivity index (χ1) is 9.24. The van der Waals surface area contributed by atoms with Crippen molar-refractivity contribution < 1.29 is 24.8 Å². The molecular formula is C14H30O5. The third-order valence-electron chi connectivity index (χ3n) is 2.88. The summed E-state index contributed by atoms with van der Waals surface area (Å²) in [7, 11) is 0. The van der Waals surface area contributed by atoms with E-state index >= 15 is 0 Å². The monoisotopic (exact) mass is 278 g/mol. The number of hydrogen-bond acceptors (Lipinski definition) is 5. The van der Waals surface area contributed by atoms with Gasteiger partial charge < -0.3 is 24.8 Å². The number of aliphatic hydroxyl groups is 3. The van der Waals surface area contributed by atoms with Crippen molar-refractivity contribution in [3.8, 4) is 0 Å². The van der Waals surface area contributed by atoms with Crippen LogP contribution in [0, 0.1) is 0 Å². The van der Waals surface area contributed by atoms with Crippen LogP contribution in [0.3, 0.4) is 0 Å². The summed E-state index contributed by atoms with van der Waals surface area (Å²) in [5, 5.41) is 26.8. The topological polar surface area (TPSA) is 79.2 Å². The minimum Gasteiger partial charge on any atom is -0.394 e. The predicted octanol–water partition coefficient (Wildman–Crippen LogP) is 1.09. The minimum absolute atomic E-state index is 0.0629. The average Bonchev–Trinajstić information content (AvgIpc) is 2.44.